The van der Waals surface area contributed by atoms with Gasteiger partial charge in [-0.1, -0.05) is 52.0 Å². The van der Waals surface area contributed by atoms with Crippen molar-refractivity contribution in [2.24, 2.45) is 0 Å². The fourth-order valence-corrected chi connectivity index (χ4v) is 1.66. The minimum atomic E-state index is 0. The lowest BCUT2D eigenvalue weighted by atomic mass is 9.84. The van der Waals surface area contributed by atoms with Gasteiger partial charge >= 0.3 is 0 Å². The van der Waals surface area contributed by atoms with Crippen LogP contribution in [0, 0.1) is 13.8 Å². The molecule has 13 heavy (non-hydrogen) atoms. The van der Waals surface area contributed by atoms with Crippen molar-refractivity contribution in [3.05, 3.63) is 34.9 Å². The first-order valence-corrected chi connectivity index (χ1v) is 4.49. The Labute approximate surface area is 83.0 Å². The van der Waals surface area contributed by atoms with E-state index in [1.807, 2.05) is 0 Å². The Hall–Kier alpha value is -0.780. The normalized spacial score (nSPS) is 10.8. The maximum atomic E-state index is 2.25. The van der Waals surface area contributed by atoms with Crippen molar-refractivity contribution in [3.63, 3.8) is 0 Å². The zero-order valence-electron chi connectivity index (χ0n) is 8.73. The predicted octanol–water partition coefficient (Wildman–Crippen LogP) is 4.24. The van der Waals surface area contributed by atoms with Crippen LogP contribution < -0.4 is 0 Å². The highest BCUT2D eigenvalue weighted by molar-refractivity contribution is 5.34. The average molecular weight is 178 g/mol. The van der Waals surface area contributed by atoms with Crippen LogP contribution in [0.4, 0.5) is 0 Å². The van der Waals surface area contributed by atoms with Crippen LogP contribution in [0.3, 0.4) is 0 Å². The zero-order valence-corrected chi connectivity index (χ0v) is 8.73. The highest BCUT2D eigenvalue weighted by Gasteiger charge is 2.15. The third-order valence-corrected chi connectivity index (χ3v) is 2.19. The predicted molar refractivity (Wildman–Crippen MR) is 61.3 cm³/mol. The molecule has 74 valence electrons. The zero-order chi connectivity index (χ0) is 9.35. The summed E-state index contributed by atoms with van der Waals surface area (Å²) in [4.78, 5) is 0. The fraction of sp³-hybridized carbons (Fsp3) is 0.538. The van der Waals surface area contributed by atoms with E-state index < -0.39 is 0 Å². The van der Waals surface area contributed by atoms with Crippen molar-refractivity contribution in [1.29, 1.82) is 0 Å². The molecule has 0 N–H and O–H groups in total. The number of hydrogen-bond donors (Lipinski definition) is 0. The smallest absolute Gasteiger partial charge is 0.0129 e. The first-order chi connectivity index (χ1) is 5.41. The maximum Gasteiger partial charge on any atom is -0.0129 e. The highest BCUT2D eigenvalue weighted by atomic mass is 14.2. The van der Waals surface area contributed by atoms with Crippen LogP contribution >= 0.6 is 0 Å². The number of rotatable bonds is 0. The van der Waals surface area contributed by atoms with E-state index in [4.69, 9.17) is 0 Å². The van der Waals surface area contributed by atoms with Gasteiger partial charge in [0.15, 0.2) is 0 Å². The Kier molecular flexibility index (Phi) is 3.71. The molecule has 0 aliphatic carbocycles. The van der Waals surface area contributed by atoms with Crippen molar-refractivity contribution in [2.75, 3.05) is 0 Å². The summed E-state index contributed by atoms with van der Waals surface area (Å²) in [5.74, 6) is 0. The van der Waals surface area contributed by atoms with Gasteiger partial charge in [-0.25, -0.2) is 0 Å². The van der Waals surface area contributed by atoms with Crippen molar-refractivity contribution < 1.29 is 0 Å². The van der Waals surface area contributed by atoms with Gasteiger partial charge in [0.05, 0.1) is 0 Å². The lowest BCUT2D eigenvalue weighted by Crippen LogP contribution is -2.12. The summed E-state index contributed by atoms with van der Waals surface area (Å²) < 4.78 is 0. The Balaban J connectivity index is 0.00000144. The molecule has 0 radical (unpaired) electrons. The third kappa shape index (κ3) is 2.87. The quantitative estimate of drug-likeness (QED) is 0.557. The van der Waals surface area contributed by atoms with E-state index in [1.54, 1.807) is 0 Å². The van der Waals surface area contributed by atoms with Gasteiger partial charge in [-0.2, -0.15) is 0 Å². The van der Waals surface area contributed by atoms with Gasteiger partial charge in [0.1, 0.15) is 0 Å². The molecule has 0 aliphatic rings. The summed E-state index contributed by atoms with van der Waals surface area (Å²) in [5.41, 5.74) is 4.48. The standard InChI is InChI=1S/C12H18.CH4/c1-9-6-7-11(10(2)8-9)12(3,4)5;/h6-8H,1-5H3;1H4. The molecule has 0 heterocycles. The monoisotopic (exact) mass is 178 g/mol. The Morgan fingerprint density at radius 3 is 1.92 bits per heavy atom. The summed E-state index contributed by atoms with van der Waals surface area (Å²) >= 11 is 0. The van der Waals surface area contributed by atoms with Gasteiger partial charge in [-0.15, -0.1) is 0 Å². The molecule has 1 aromatic rings. The third-order valence-electron chi connectivity index (χ3n) is 2.19. The van der Waals surface area contributed by atoms with E-state index in [0.29, 0.717) is 0 Å². The van der Waals surface area contributed by atoms with Crippen LogP contribution in [-0.2, 0) is 5.41 Å². The largest absolute Gasteiger partial charge is 0.0776 e. The molecule has 0 unspecified atom stereocenters. The van der Waals surface area contributed by atoms with Gasteiger partial charge in [-0.05, 0) is 30.4 Å². The fourth-order valence-electron chi connectivity index (χ4n) is 1.66. The van der Waals surface area contributed by atoms with Gasteiger partial charge in [0.2, 0.25) is 0 Å². The van der Waals surface area contributed by atoms with Gasteiger partial charge in [0.25, 0.3) is 0 Å². The second-order valence-corrected chi connectivity index (χ2v) is 4.57. The molecule has 0 spiro atoms. The van der Waals surface area contributed by atoms with E-state index >= 15 is 0 Å². The summed E-state index contributed by atoms with van der Waals surface area (Å²) in [7, 11) is 0. The van der Waals surface area contributed by atoms with E-state index in [9.17, 15) is 0 Å². The molecule has 0 aromatic heterocycles. The molecule has 0 amide bonds. The van der Waals surface area contributed by atoms with Gasteiger partial charge in [0, 0.05) is 0 Å². The molecule has 0 nitrogen and oxygen atoms in total. The first-order valence-electron chi connectivity index (χ1n) is 4.49. The Bertz CT molecular complexity index is 277. The topological polar surface area (TPSA) is 0 Å². The van der Waals surface area contributed by atoms with Crippen LogP contribution in [0.15, 0.2) is 18.2 Å². The van der Waals surface area contributed by atoms with Crippen molar-refractivity contribution in [2.45, 2.75) is 47.5 Å². The second kappa shape index (κ2) is 3.95. The van der Waals surface area contributed by atoms with Crippen LogP contribution in [0.2, 0.25) is 0 Å². The summed E-state index contributed by atoms with van der Waals surface area (Å²) in [5, 5.41) is 0. The van der Waals surface area contributed by atoms with E-state index in [0.717, 1.165) is 0 Å². The van der Waals surface area contributed by atoms with E-state index in [2.05, 4.69) is 52.8 Å². The summed E-state index contributed by atoms with van der Waals surface area (Å²) in [6.07, 6.45) is 0. The molecule has 0 saturated carbocycles. The van der Waals surface area contributed by atoms with E-state index in [-0.39, 0.29) is 12.8 Å². The van der Waals surface area contributed by atoms with Crippen LogP contribution in [0.1, 0.15) is 44.9 Å². The Morgan fingerprint density at radius 2 is 1.54 bits per heavy atom. The average Bonchev–Trinajstić information content (AvgIpc) is 1.83. The molecule has 0 aliphatic heterocycles. The van der Waals surface area contributed by atoms with Crippen molar-refractivity contribution >= 4 is 0 Å². The number of aryl methyl sites for hydroxylation is 2. The van der Waals surface area contributed by atoms with Crippen molar-refractivity contribution in [3.8, 4) is 0 Å². The summed E-state index contributed by atoms with van der Waals surface area (Å²) in [6.45, 7) is 11.1. The molecule has 0 heteroatoms. The van der Waals surface area contributed by atoms with E-state index in [1.165, 1.54) is 16.7 Å². The maximum absolute atomic E-state index is 2.25. The number of benzene rings is 1. The molecule has 0 atom stereocenters. The SMILES string of the molecule is C.Cc1ccc(C(C)(C)C)c(C)c1. The molecule has 0 bridgehead atoms. The number of hydrogen-bond acceptors (Lipinski definition) is 0. The van der Waals surface area contributed by atoms with Crippen LogP contribution in [-0.4, -0.2) is 0 Å². The van der Waals surface area contributed by atoms with Gasteiger partial charge < -0.3 is 0 Å². The second-order valence-electron chi connectivity index (χ2n) is 4.57. The highest BCUT2D eigenvalue weighted by Crippen LogP contribution is 2.25. The lowest BCUT2D eigenvalue weighted by molar-refractivity contribution is 0.586. The Morgan fingerprint density at radius 1 is 1.00 bits per heavy atom. The van der Waals surface area contributed by atoms with Crippen LogP contribution in [0.5, 0.6) is 0 Å². The lowest BCUT2D eigenvalue weighted by Gasteiger charge is -2.21. The first kappa shape index (κ1) is 12.2. The minimum absolute atomic E-state index is 0. The van der Waals surface area contributed by atoms with Gasteiger partial charge in [-0.3, -0.25) is 0 Å². The molecular formula is C13H22. The molecule has 1 aromatic carbocycles. The molecule has 1 rings (SSSR count). The van der Waals surface area contributed by atoms with Crippen LogP contribution in [0.25, 0.3) is 0 Å². The summed E-state index contributed by atoms with van der Waals surface area (Å²) in [6, 6.07) is 6.68. The minimum Gasteiger partial charge on any atom is -0.0776 e. The molecule has 0 fully saturated rings. The van der Waals surface area contributed by atoms with Crippen molar-refractivity contribution in [1.82, 2.24) is 0 Å². The molecular weight excluding hydrogens is 156 g/mol. The molecule has 0 saturated heterocycles.